The van der Waals surface area contributed by atoms with Crippen LogP contribution in [0.1, 0.15) is 25.3 Å². The van der Waals surface area contributed by atoms with Gasteiger partial charge in [0, 0.05) is 18.7 Å². The van der Waals surface area contributed by atoms with Crippen molar-refractivity contribution in [3.8, 4) is 0 Å². The van der Waals surface area contributed by atoms with Gasteiger partial charge in [-0.15, -0.1) is 0 Å². The molecule has 0 saturated carbocycles. The van der Waals surface area contributed by atoms with Crippen LogP contribution in [-0.2, 0) is 9.59 Å². The van der Waals surface area contributed by atoms with E-state index in [9.17, 15) is 9.59 Å². The standard InChI is InChI=1S/C14H20N2O3/c1-3-16(11-6-4-5-10(2)9-11)14(19)12(15)7-8-13(17)18/h4-6,9,12H,3,7-8,15H2,1-2H3,(H,17,18). The Morgan fingerprint density at radius 3 is 2.63 bits per heavy atom. The summed E-state index contributed by atoms with van der Waals surface area (Å²) in [7, 11) is 0. The molecule has 1 rings (SSSR count). The fourth-order valence-electron chi connectivity index (χ4n) is 1.86. The molecule has 0 bridgehead atoms. The van der Waals surface area contributed by atoms with Crippen molar-refractivity contribution in [3.63, 3.8) is 0 Å². The van der Waals surface area contributed by atoms with Crippen molar-refractivity contribution in [1.29, 1.82) is 0 Å². The van der Waals surface area contributed by atoms with Gasteiger partial charge in [0.05, 0.1) is 6.04 Å². The maximum Gasteiger partial charge on any atom is 0.303 e. The Kier molecular flexibility index (Phi) is 5.51. The van der Waals surface area contributed by atoms with Crippen LogP contribution in [0.4, 0.5) is 5.69 Å². The van der Waals surface area contributed by atoms with Crippen molar-refractivity contribution in [2.75, 3.05) is 11.4 Å². The first-order chi connectivity index (χ1) is 8.95. The van der Waals surface area contributed by atoms with Crippen LogP contribution in [0.2, 0.25) is 0 Å². The molecular formula is C14H20N2O3. The monoisotopic (exact) mass is 264 g/mol. The molecule has 5 nitrogen and oxygen atoms in total. The van der Waals surface area contributed by atoms with Crippen LogP contribution < -0.4 is 10.6 Å². The summed E-state index contributed by atoms with van der Waals surface area (Å²) >= 11 is 0. The van der Waals surface area contributed by atoms with Gasteiger partial charge in [-0.25, -0.2) is 0 Å². The molecule has 19 heavy (non-hydrogen) atoms. The summed E-state index contributed by atoms with van der Waals surface area (Å²) in [6.07, 6.45) is 0.0504. The van der Waals surface area contributed by atoms with E-state index in [4.69, 9.17) is 10.8 Å². The van der Waals surface area contributed by atoms with Gasteiger partial charge in [0.1, 0.15) is 0 Å². The first-order valence-electron chi connectivity index (χ1n) is 6.31. The number of carbonyl (C=O) groups is 2. The Morgan fingerprint density at radius 2 is 2.11 bits per heavy atom. The molecule has 0 aliphatic carbocycles. The van der Waals surface area contributed by atoms with Crippen molar-refractivity contribution in [2.45, 2.75) is 32.7 Å². The predicted octanol–water partition coefficient (Wildman–Crippen LogP) is 1.54. The third kappa shape index (κ3) is 4.37. The number of aliphatic carboxylic acids is 1. The fraction of sp³-hybridized carbons (Fsp3) is 0.429. The molecule has 0 aliphatic heterocycles. The van der Waals surface area contributed by atoms with Gasteiger partial charge in [0.15, 0.2) is 0 Å². The third-order valence-electron chi connectivity index (χ3n) is 2.88. The number of carbonyl (C=O) groups excluding carboxylic acids is 1. The van der Waals surface area contributed by atoms with E-state index in [0.29, 0.717) is 6.54 Å². The highest BCUT2D eigenvalue weighted by molar-refractivity contribution is 5.97. The van der Waals surface area contributed by atoms with Crippen molar-refractivity contribution in [1.82, 2.24) is 0 Å². The van der Waals surface area contributed by atoms with E-state index in [-0.39, 0.29) is 18.7 Å². The first-order valence-corrected chi connectivity index (χ1v) is 6.31. The van der Waals surface area contributed by atoms with E-state index in [0.717, 1.165) is 11.3 Å². The lowest BCUT2D eigenvalue weighted by Gasteiger charge is -2.24. The van der Waals surface area contributed by atoms with E-state index in [1.807, 2.05) is 38.1 Å². The molecule has 0 heterocycles. The fourth-order valence-corrected chi connectivity index (χ4v) is 1.86. The molecular weight excluding hydrogens is 244 g/mol. The molecule has 0 saturated heterocycles. The summed E-state index contributed by atoms with van der Waals surface area (Å²) in [6.45, 7) is 4.32. The number of anilines is 1. The zero-order chi connectivity index (χ0) is 14.4. The highest BCUT2D eigenvalue weighted by Crippen LogP contribution is 2.17. The van der Waals surface area contributed by atoms with Crippen LogP contribution in [0.5, 0.6) is 0 Å². The summed E-state index contributed by atoms with van der Waals surface area (Å²) in [5.74, 6) is -1.18. The summed E-state index contributed by atoms with van der Waals surface area (Å²) in [6, 6.07) is 6.80. The second-order valence-corrected chi connectivity index (χ2v) is 4.46. The van der Waals surface area contributed by atoms with Gasteiger partial charge in [0.25, 0.3) is 0 Å². The van der Waals surface area contributed by atoms with Gasteiger partial charge in [-0.05, 0) is 38.0 Å². The summed E-state index contributed by atoms with van der Waals surface area (Å²) in [5, 5.41) is 8.61. The molecule has 1 amide bonds. The third-order valence-corrected chi connectivity index (χ3v) is 2.88. The Morgan fingerprint density at radius 1 is 1.42 bits per heavy atom. The van der Waals surface area contributed by atoms with E-state index < -0.39 is 12.0 Å². The Hall–Kier alpha value is -1.88. The second-order valence-electron chi connectivity index (χ2n) is 4.46. The largest absolute Gasteiger partial charge is 0.481 e. The van der Waals surface area contributed by atoms with E-state index in [1.165, 1.54) is 0 Å². The van der Waals surface area contributed by atoms with E-state index in [2.05, 4.69) is 0 Å². The number of aryl methyl sites for hydroxylation is 1. The lowest BCUT2D eigenvalue weighted by Crippen LogP contribution is -2.44. The highest BCUT2D eigenvalue weighted by atomic mass is 16.4. The lowest BCUT2D eigenvalue weighted by molar-refractivity contribution is -0.137. The number of nitrogens with zero attached hydrogens (tertiary/aromatic N) is 1. The molecule has 1 aromatic rings. The first kappa shape index (κ1) is 15.2. The topological polar surface area (TPSA) is 83.6 Å². The summed E-state index contributed by atoms with van der Waals surface area (Å²) in [4.78, 5) is 24.3. The van der Waals surface area contributed by atoms with Crippen LogP contribution in [0.25, 0.3) is 0 Å². The number of nitrogens with two attached hydrogens (primary N) is 1. The normalized spacial score (nSPS) is 11.9. The van der Waals surface area contributed by atoms with Gasteiger partial charge in [-0.2, -0.15) is 0 Å². The Labute approximate surface area is 113 Å². The van der Waals surface area contributed by atoms with Crippen molar-refractivity contribution in [3.05, 3.63) is 29.8 Å². The number of likely N-dealkylation sites (N-methyl/N-ethyl adjacent to an activating group) is 1. The minimum absolute atomic E-state index is 0.0989. The number of benzene rings is 1. The van der Waals surface area contributed by atoms with Crippen LogP contribution in [0.15, 0.2) is 24.3 Å². The number of carboxylic acids is 1. The zero-order valence-corrected chi connectivity index (χ0v) is 11.3. The smallest absolute Gasteiger partial charge is 0.303 e. The molecule has 0 spiro atoms. The number of amides is 1. The van der Waals surface area contributed by atoms with Crippen LogP contribution in [0.3, 0.4) is 0 Å². The van der Waals surface area contributed by atoms with Crippen molar-refractivity contribution in [2.24, 2.45) is 5.73 Å². The molecule has 1 aromatic carbocycles. The number of carboxylic acid groups (broad SMARTS) is 1. The molecule has 5 heteroatoms. The average Bonchev–Trinajstić information content (AvgIpc) is 2.36. The summed E-state index contributed by atoms with van der Waals surface area (Å²) < 4.78 is 0. The minimum Gasteiger partial charge on any atom is -0.481 e. The van der Waals surface area contributed by atoms with Gasteiger partial charge in [-0.3, -0.25) is 9.59 Å². The Bertz CT molecular complexity index is 460. The highest BCUT2D eigenvalue weighted by Gasteiger charge is 2.21. The maximum absolute atomic E-state index is 12.2. The average molecular weight is 264 g/mol. The number of hydrogen-bond donors (Lipinski definition) is 2. The number of rotatable bonds is 6. The molecule has 0 radical (unpaired) electrons. The van der Waals surface area contributed by atoms with Gasteiger partial charge < -0.3 is 15.7 Å². The van der Waals surface area contributed by atoms with Crippen molar-refractivity contribution < 1.29 is 14.7 Å². The molecule has 3 N–H and O–H groups in total. The van der Waals surface area contributed by atoms with Gasteiger partial charge in [-0.1, -0.05) is 12.1 Å². The minimum atomic E-state index is -0.943. The number of hydrogen-bond acceptors (Lipinski definition) is 3. The second kappa shape index (κ2) is 6.89. The molecule has 104 valence electrons. The van der Waals surface area contributed by atoms with Crippen LogP contribution in [0, 0.1) is 6.92 Å². The molecule has 1 unspecified atom stereocenters. The maximum atomic E-state index is 12.2. The van der Waals surface area contributed by atoms with Crippen LogP contribution in [-0.4, -0.2) is 29.6 Å². The van der Waals surface area contributed by atoms with Gasteiger partial charge in [0.2, 0.25) is 5.91 Å². The lowest BCUT2D eigenvalue weighted by atomic mass is 10.1. The van der Waals surface area contributed by atoms with E-state index >= 15 is 0 Å². The van der Waals surface area contributed by atoms with Crippen molar-refractivity contribution >= 4 is 17.6 Å². The molecule has 1 atom stereocenters. The molecule has 0 fully saturated rings. The quantitative estimate of drug-likeness (QED) is 0.816. The van der Waals surface area contributed by atoms with Gasteiger partial charge >= 0.3 is 5.97 Å². The molecule has 0 aliphatic rings. The Balaban J connectivity index is 2.79. The predicted molar refractivity (Wildman–Crippen MR) is 74.1 cm³/mol. The summed E-state index contributed by atoms with van der Waals surface area (Å²) in [5.41, 5.74) is 7.61. The van der Waals surface area contributed by atoms with Crippen LogP contribution >= 0.6 is 0 Å². The molecule has 0 aromatic heterocycles. The zero-order valence-electron chi connectivity index (χ0n) is 11.3. The SMILES string of the molecule is CCN(C(=O)C(N)CCC(=O)O)c1cccc(C)c1. The van der Waals surface area contributed by atoms with E-state index in [1.54, 1.807) is 4.90 Å².